The van der Waals surface area contributed by atoms with Gasteiger partial charge in [-0.1, -0.05) is 17.7 Å². The second kappa shape index (κ2) is 7.14. The van der Waals surface area contributed by atoms with E-state index in [-0.39, 0.29) is 12.5 Å². The normalized spacial score (nSPS) is 10.1. The van der Waals surface area contributed by atoms with Crippen LogP contribution in [0, 0.1) is 6.92 Å². The van der Waals surface area contributed by atoms with Crippen molar-refractivity contribution >= 4 is 17.5 Å². The highest BCUT2D eigenvalue weighted by Crippen LogP contribution is 2.24. The molecule has 0 saturated carbocycles. The lowest BCUT2D eigenvalue weighted by molar-refractivity contribution is -0.123. The summed E-state index contributed by atoms with van der Waals surface area (Å²) in [6.07, 6.45) is 0. The molecule has 1 N–H and O–H groups in total. The van der Waals surface area contributed by atoms with Crippen LogP contribution in [0.1, 0.15) is 5.56 Å². The summed E-state index contributed by atoms with van der Waals surface area (Å²) in [7, 11) is 1.58. The second-order valence-electron chi connectivity index (χ2n) is 3.57. The topological polar surface area (TPSA) is 47.6 Å². The van der Waals surface area contributed by atoms with E-state index in [9.17, 15) is 4.79 Å². The standard InChI is InChI=1S/C12H16ClNO3/c1-9-3-4-10(13)11(7-9)17-8-12(15)14-5-6-16-2/h3-4,7H,5-6,8H2,1-2H3,(H,14,15). The summed E-state index contributed by atoms with van der Waals surface area (Å²) < 4.78 is 10.1. The first-order chi connectivity index (χ1) is 8.13. The molecule has 1 aromatic carbocycles. The predicted molar refractivity (Wildman–Crippen MR) is 66.6 cm³/mol. The molecule has 0 unspecified atom stereocenters. The van der Waals surface area contributed by atoms with Gasteiger partial charge in [-0.3, -0.25) is 4.79 Å². The van der Waals surface area contributed by atoms with E-state index >= 15 is 0 Å². The number of benzene rings is 1. The number of carbonyl (C=O) groups excluding carboxylic acids is 1. The van der Waals surface area contributed by atoms with E-state index in [1.165, 1.54) is 0 Å². The molecule has 0 aliphatic rings. The van der Waals surface area contributed by atoms with Crippen molar-refractivity contribution in [3.05, 3.63) is 28.8 Å². The zero-order valence-corrected chi connectivity index (χ0v) is 10.7. The fourth-order valence-electron chi connectivity index (χ4n) is 1.21. The third-order valence-electron chi connectivity index (χ3n) is 2.07. The van der Waals surface area contributed by atoms with Crippen LogP contribution in [-0.2, 0) is 9.53 Å². The Labute approximate surface area is 106 Å². The SMILES string of the molecule is COCCNC(=O)COc1cc(C)ccc1Cl. The lowest BCUT2D eigenvalue weighted by atomic mass is 10.2. The minimum Gasteiger partial charge on any atom is -0.482 e. The van der Waals surface area contributed by atoms with Gasteiger partial charge in [0.25, 0.3) is 5.91 Å². The van der Waals surface area contributed by atoms with Gasteiger partial charge in [0.1, 0.15) is 5.75 Å². The van der Waals surface area contributed by atoms with Crippen LogP contribution in [0.4, 0.5) is 0 Å². The molecule has 0 atom stereocenters. The molecule has 0 fully saturated rings. The Hall–Kier alpha value is -1.26. The highest BCUT2D eigenvalue weighted by Gasteiger charge is 2.05. The van der Waals surface area contributed by atoms with Gasteiger partial charge in [0.15, 0.2) is 6.61 Å². The van der Waals surface area contributed by atoms with Crippen molar-refractivity contribution < 1.29 is 14.3 Å². The number of amides is 1. The molecule has 0 aliphatic heterocycles. The fraction of sp³-hybridized carbons (Fsp3) is 0.417. The van der Waals surface area contributed by atoms with E-state index in [0.29, 0.717) is 23.9 Å². The van der Waals surface area contributed by atoms with E-state index in [1.807, 2.05) is 13.0 Å². The first kappa shape index (κ1) is 13.8. The third-order valence-corrected chi connectivity index (χ3v) is 2.39. The summed E-state index contributed by atoms with van der Waals surface area (Å²) in [5.41, 5.74) is 1.03. The lowest BCUT2D eigenvalue weighted by Crippen LogP contribution is -2.31. The first-order valence-electron chi connectivity index (χ1n) is 5.28. The summed E-state index contributed by atoms with van der Waals surface area (Å²) in [5.74, 6) is 0.327. The van der Waals surface area contributed by atoms with Gasteiger partial charge in [0, 0.05) is 13.7 Å². The average molecular weight is 258 g/mol. The zero-order valence-electron chi connectivity index (χ0n) is 9.96. The van der Waals surface area contributed by atoms with Crippen molar-refractivity contribution in [3.63, 3.8) is 0 Å². The van der Waals surface area contributed by atoms with Crippen molar-refractivity contribution in [1.29, 1.82) is 0 Å². The van der Waals surface area contributed by atoms with Crippen molar-refractivity contribution in [1.82, 2.24) is 5.32 Å². The van der Waals surface area contributed by atoms with Crippen LogP contribution in [0.5, 0.6) is 5.75 Å². The molecule has 1 rings (SSSR count). The molecular formula is C12H16ClNO3. The van der Waals surface area contributed by atoms with Crippen molar-refractivity contribution in [2.45, 2.75) is 6.92 Å². The molecule has 4 nitrogen and oxygen atoms in total. The van der Waals surface area contributed by atoms with Gasteiger partial charge in [-0.05, 0) is 24.6 Å². The van der Waals surface area contributed by atoms with Gasteiger partial charge < -0.3 is 14.8 Å². The molecule has 1 amide bonds. The van der Waals surface area contributed by atoms with Gasteiger partial charge in [-0.25, -0.2) is 0 Å². The van der Waals surface area contributed by atoms with Crippen molar-refractivity contribution in [2.75, 3.05) is 26.9 Å². The molecule has 5 heteroatoms. The Bertz CT molecular complexity index is 382. The Balaban J connectivity index is 2.39. The summed E-state index contributed by atoms with van der Waals surface area (Å²) >= 11 is 5.93. The van der Waals surface area contributed by atoms with Crippen LogP contribution < -0.4 is 10.1 Å². The van der Waals surface area contributed by atoms with E-state index in [2.05, 4.69) is 5.32 Å². The molecule has 0 heterocycles. The maximum absolute atomic E-state index is 11.4. The zero-order chi connectivity index (χ0) is 12.7. The number of rotatable bonds is 6. The lowest BCUT2D eigenvalue weighted by Gasteiger charge is -2.09. The second-order valence-corrected chi connectivity index (χ2v) is 3.97. The molecule has 1 aromatic rings. The van der Waals surface area contributed by atoms with Crippen molar-refractivity contribution in [3.8, 4) is 5.75 Å². The summed E-state index contributed by atoms with van der Waals surface area (Å²) in [6.45, 7) is 2.84. The maximum Gasteiger partial charge on any atom is 0.258 e. The van der Waals surface area contributed by atoms with Crippen LogP contribution in [0.3, 0.4) is 0 Å². The van der Waals surface area contributed by atoms with E-state index < -0.39 is 0 Å². The number of halogens is 1. The number of methoxy groups -OCH3 is 1. The molecule has 0 bridgehead atoms. The molecule has 0 radical (unpaired) electrons. The average Bonchev–Trinajstić information content (AvgIpc) is 2.31. The molecular weight excluding hydrogens is 242 g/mol. The van der Waals surface area contributed by atoms with Crippen LogP contribution in [0.25, 0.3) is 0 Å². The highest BCUT2D eigenvalue weighted by molar-refractivity contribution is 6.32. The Morgan fingerprint density at radius 2 is 2.24 bits per heavy atom. The van der Waals surface area contributed by atoms with Gasteiger partial charge in [0.2, 0.25) is 0 Å². The third kappa shape index (κ3) is 5.06. The number of hydrogen-bond acceptors (Lipinski definition) is 3. The number of carbonyl (C=O) groups is 1. The number of ether oxygens (including phenoxy) is 2. The molecule has 0 aliphatic carbocycles. The highest BCUT2D eigenvalue weighted by atomic mass is 35.5. The molecule has 0 spiro atoms. The minimum atomic E-state index is -0.195. The van der Waals surface area contributed by atoms with Gasteiger partial charge in [0.05, 0.1) is 11.6 Å². The van der Waals surface area contributed by atoms with Crippen LogP contribution in [0.2, 0.25) is 5.02 Å². The molecule has 94 valence electrons. The molecule has 0 aromatic heterocycles. The number of nitrogens with one attached hydrogen (secondary N) is 1. The van der Waals surface area contributed by atoms with E-state index in [4.69, 9.17) is 21.1 Å². The summed E-state index contributed by atoms with van der Waals surface area (Å²) in [6, 6.07) is 5.42. The first-order valence-corrected chi connectivity index (χ1v) is 5.66. The number of aryl methyl sites for hydroxylation is 1. The summed E-state index contributed by atoms with van der Waals surface area (Å²) in [5, 5.41) is 3.16. The predicted octanol–water partition coefficient (Wildman–Crippen LogP) is 1.79. The number of hydrogen-bond donors (Lipinski definition) is 1. The Kier molecular flexibility index (Phi) is 5.80. The summed E-state index contributed by atoms with van der Waals surface area (Å²) in [4.78, 5) is 11.4. The smallest absolute Gasteiger partial charge is 0.258 e. The monoisotopic (exact) mass is 257 g/mol. The van der Waals surface area contributed by atoms with Crippen LogP contribution >= 0.6 is 11.6 Å². The largest absolute Gasteiger partial charge is 0.482 e. The van der Waals surface area contributed by atoms with Crippen LogP contribution in [-0.4, -0.2) is 32.8 Å². The molecule has 0 saturated heterocycles. The van der Waals surface area contributed by atoms with Gasteiger partial charge in [-0.15, -0.1) is 0 Å². The maximum atomic E-state index is 11.4. The quantitative estimate of drug-likeness (QED) is 0.791. The van der Waals surface area contributed by atoms with E-state index in [1.54, 1.807) is 19.2 Å². The van der Waals surface area contributed by atoms with Crippen LogP contribution in [0.15, 0.2) is 18.2 Å². The van der Waals surface area contributed by atoms with Crippen molar-refractivity contribution in [2.24, 2.45) is 0 Å². The van der Waals surface area contributed by atoms with Gasteiger partial charge >= 0.3 is 0 Å². The fourth-order valence-corrected chi connectivity index (χ4v) is 1.38. The van der Waals surface area contributed by atoms with Gasteiger partial charge in [-0.2, -0.15) is 0 Å². The van der Waals surface area contributed by atoms with E-state index in [0.717, 1.165) is 5.56 Å². The molecule has 17 heavy (non-hydrogen) atoms. The minimum absolute atomic E-state index is 0.0487. The Morgan fingerprint density at radius 3 is 2.94 bits per heavy atom. The Morgan fingerprint density at radius 1 is 1.47 bits per heavy atom.